The normalized spacial score (nSPS) is 10.5. The summed E-state index contributed by atoms with van der Waals surface area (Å²) in [4.78, 5) is 14.2. The first-order valence-electron chi connectivity index (χ1n) is 3.16. The second-order valence-electron chi connectivity index (χ2n) is 2.15. The number of carboxylic acid groups (broad SMARTS) is 1. The van der Waals surface area contributed by atoms with E-state index >= 15 is 0 Å². The van der Waals surface area contributed by atoms with Gasteiger partial charge in [0.25, 0.3) is 0 Å². The largest absolute Gasteiger partial charge is 0.477 e. The van der Waals surface area contributed by atoms with E-state index in [0.29, 0.717) is 5.71 Å². The van der Waals surface area contributed by atoms with Crippen molar-refractivity contribution in [3.05, 3.63) is 24.4 Å². The van der Waals surface area contributed by atoms with Crippen molar-refractivity contribution in [2.45, 2.75) is 13.8 Å². The Bertz CT molecular complexity index is 222. The minimum atomic E-state index is -1.04. The van der Waals surface area contributed by atoms with Crippen LogP contribution in [0, 0.1) is 0 Å². The van der Waals surface area contributed by atoms with Crippen molar-refractivity contribution in [2.75, 3.05) is 0 Å². The lowest BCUT2D eigenvalue weighted by Gasteiger charge is -1.92. The Morgan fingerprint density at radius 1 is 1.55 bits per heavy atom. The molecule has 0 unspecified atom stereocenters. The van der Waals surface area contributed by atoms with E-state index in [4.69, 9.17) is 5.11 Å². The van der Waals surface area contributed by atoms with Gasteiger partial charge in [-0.15, -0.1) is 0 Å². The molecular weight excluding hydrogens is 142 g/mol. The molecule has 0 aliphatic carbocycles. The lowest BCUT2D eigenvalue weighted by molar-refractivity contribution is -0.132. The van der Waals surface area contributed by atoms with Crippen molar-refractivity contribution in [3.63, 3.8) is 0 Å². The lowest BCUT2D eigenvalue weighted by atomic mass is 10.4. The molecule has 0 aromatic carbocycles. The van der Waals surface area contributed by atoms with Crippen LogP contribution in [0.2, 0.25) is 0 Å². The number of aliphatic carboxylic acids is 1. The first-order chi connectivity index (χ1) is 5.07. The Labute approximate surface area is 65.8 Å². The molecule has 0 aromatic rings. The summed E-state index contributed by atoms with van der Waals surface area (Å²) in [7, 11) is 0. The van der Waals surface area contributed by atoms with Gasteiger partial charge < -0.3 is 5.11 Å². The molecule has 0 aliphatic rings. The van der Waals surface area contributed by atoms with Gasteiger partial charge in [0, 0.05) is 5.71 Å². The van der Waals surface area contributed by atoms with Gasteiger partial charge in [0.15, 0.2) is 0 Å². The Morgan fingerprint density at radius 3 is 2.36 bits per heavy atom. The minimum Gasteiger partial charge on any atom is -0.477 e. The van der Waals surface area contributed by atoms with E-state index in [-0.39, 0.29) is 5.70 Å². The summed E-state index contributed by atoms with van der Waals surface area (Å²) in [6.45, 7) is 6.85. The highest BCUT2D eigenvalue weighted by molar-refractivity contribution is 5.91. The van der Waals surface area contributed by atoms with Crippen LogP contribution in [0.5, 0.6) is 0 Å². The Morgan fingerprint density at radius 2 is 2.09 bits per heavy atom. The average Bonchev–Trinajstić information content (AvgIpc) is 1.86. The second kappa shape index (κ2) is 4.44. The van der Waals surface area contributed by atoms with Crippen molar-refractivity contribution in [3.8, 4) is 0 Å². The quantitative estimate of drug-likeness (QED) is 0.380. The molecule has 1 N–H and O–H groups in total. The predicted octanol–water partition coefficient (Wildman–Crippen LogP) is 1.62. The van der Waals surface area contributed by atoms with Crippen LogP contribution < -0.4 is 0 Å². The molecule has 0 aliphatic heterocycles. The molecule has 0 aromatic heterocycles. The summed E-state index contributed by atoms with van der Waals surface area (Å²) in [6.07, 6.45) is 2.76. The third kappa shape index (κ3) is 4.08. The van der Waals surface area contributed by atoms with Crippen molar-refractivity contribution in [2.24, 2.45) is 4.99 Å². The molecule has 0 radical (unpaired) electrons. The second-order valence-corrected chi connectivity index (χ2v) is 2.15. The molecule has 0 saturated carbocycles. The highest BCUT2D eigenvalue weighted by atomic mass is 16.4. The van der Waals surface area contributed by atoms with E-state index in [1.807, 2.05) is 0 Å². The lowest BCUT2D eigenvalue weighted by Crippen LogP contribution is -1.99. The van der Waals surface area contributed by atoms with Crippen LogP contribution in [-0.4, -0.2) is 16.8 Å². The fourth-order valence-electron chi connectivity index (χ4n) is 0.509. The maximum absolute atomic E-state index is 10.4. The molecule has 3 nitrogen and oxygen atoms in total. The van der Waals surface area contributed by atoms with Gasteiger partial charge in [-0.05, 0) is 19.9 Å². The van der Waals surface area contributed by atoms with E-state index in [0.717, 1.165) is 0 Å². The van der Waals surface area contributed by atoms with E-state index in [1.165, 1.54) is 12.2 Å². The number of allylic oxidation sites excluding steroid dienone is 2. The fraction of sp³-hybridized carbons (Fsp3) is 0.250. The van der Waals surface area contributed by atoms with E-state index in [1.54, 1.807) is 13.8 Å². The molecular formula is C8H11NO2. The van der Waals surface area contributed by atoms with Crippen molar-refractivity contribution in [1.29, 1.82) is 0 Å². The van der Waals surface area contributed by atoms with Gasteiger partial charge in [0.05, 0.1) is 0 Å². The summed E-state index contributed by atoms with van der Waals surface area (Å²) in [5, 5.41) is 8.53. The summed E-state index contributed by atoms with van der Waals surface area (Å²) in [6, 6.07) is 0. The van der Waals surface area contributed by atoms with Crippen LogP contribution in [0.3, 0.4) is 0 Å². The number of carboxylic acids is 1. The zero-order valence-electron chi connectivity index (χ0n) is 6.66. The van der Waals surface area contributed by atoms with Crippen molar-refractivity contribution < 1.29 is 9.90 Å². The first-order valence-corrected chi connectivity index (χ1v) is 3.16. The molecule has 0 fully saturated rings. The highest BCUT2D eigenvalue weighted by Gasteiger charge is 2.02. The van der Waals surface area contributed by atoms with Gasteiger partial charge in [-0.3, -0.25) is 4.99 Å². The van der Waals surface area contributed by atoms with Crippen molar-refractivity contribution in [1.82, 2.24) is 0 Å². The van der Waals surface area contributed by atoms with Gasteiger partial charge in [0.1, 0.15) is 5.70 Å². The van der Waals surface area contributed by atoms with Gasteiger partial charge in [-0.25, -0.2) is 4.79 Å². The van der Waals surface area contributed by atoms with Gasteiger partial charge >= 0.3 is 5.97 Å². The van der Waals surface area contributed by atoms with E-state index in [2.05, 4.69) is 11.6 Å². The Hall–Kier alpha value is -1.38. The third-order valence-corrected chi connectivity index (χ3v) is 0.839. The smallest absolute Gasteiger partial charge is 0.354 e. The third-order valence-electron chi connectivity index (χ3n) is 0.839. The maximum atomic E-state index is 10.4. The van der Waals surface area contributed by atoms with Gasteiger partial charge in [0.2, 0.25) is 0 Å². The highest BCUT2D eigenvalue weighted by Crippen LogP contribution is 1.97. The summed E-state index contributed by atoms with van der Waals surface area (Å²) >= 11 is 0. The molecule has 0 atom stereocenters. The summed E-state index contributed by atoms with van der Waals surface area (Å²) in [5.41, 5.74) is 0.723. The topological polar surface area (TPSA) is 49.7 Å². The van der Waals surface area contributed by atoms with E-state index in [9.17, 15) is 4.79 Å². The number of hydrogen-bond acceptors (Lipinski definition) is 2. The molecule has 0 amide bonds. The number of aliphatic imine (C=N–C) groups is 1. The maximum Gasteiger partial charge on any atom is 0.354 e. The number of hydrogen-bond donors (Lipinski definition) is 1. The molecule has 60 valence electrons. The molecule has 0 heterocycles. The monoisotopic (exact) mass is 153 g/mol. The van der Waals surface area contributed by atoms with Crippen LogP contribution >= 0.6 is 0 Å². The number of rotatable bonds is 3. The van der Waals surface area contributed by atoms with Crippen molar-refractivity contribution >= 4 is 11.7 Å². The van der Waals surface area contributed by atoms with Crippen LogP contribution in [-0.2, 0) is 4.79 Å². The molecule has 0 saturated heterocycles. The predicted molar refractivity (Wildman–Crippen MR) is 44.7 cm³/mol. The number of carbonyl (C=O) groups is 1. The fourth-order valence-corrected chi connectivity index (χ4v) is 0.509. The molecule has 0 spiro atoms. The Kier molecular flexibility index (Phi) is 3.88. The molecule has 0 rings (SSSR count). The van der Waals surface area contributed by atoms with Crippen LogP contribution in [0.1, 0.15) is 13.8 Å². The van der Waals surface area contributed by atoms with Crippen LogP contribution in [0.25, 0.3) is 0 Å². The average molecular weight is 153 g/mol. The van der Waals surface area contributed by atoms with Gasteiger partial charge in [-0.2, -0.15) is 0 Å². The summed E-state index contributed by atoms with van der Waals surface area (Å²) in [5.74, 6) is -1.04. The van der Waals surface area contributed by atoms with Crippen LogP contribution in [0.4, 0.5) is 0 Å². The molecule has 3 heteroatoms. The summed E-state index contributed by atoms with van der Waals surface area (Å²) < 4.78 is 0. The zero-order chi connectivity index (χ0) is 8.85. The SMILES string of the molecule is C=C/C=C(\N=C(C)C)C(=O)O. The first kappa shape index (κ1) is 9.62. The van der Waals surface area contributed by atoms with Gasteiger partial charge in [-0.1, -0.05) is 12.7 Å². The molecule has 11 heavy (non-hydrogen) atoms. The van der Waals surface area contributed by atoms with Crippen LogP contribution in [0.15, 0.2) is 29.4 Å². The Balaban J connectivity index is 4.63. The number of nitrogens with zero attached hydrogens (tertiary/aromatic N) is 1. The standard InChI is InChI=1S/C8H11NO2/c1-4-5-7(8(10)11)9-6(2)3/h4-5H,1H2,2-3H3,(H,10,11)/b7-5-. The zero-order valence-corrected chi connectivity index (χ0v) is 6.66. The molecule has 0 bridgehead atoms. The van der Waals surface area contributed by atoms with E-state index < -0.39 is 5.97 Å². The minimum absolute atomic E-state index is 0.0139.